The van der Waals surface area contributed by atoms with Crippen molar-refractivity contribution < 1.29 is 47.1 Å². The van der Waals surface area contributed by atoms with Crippen LogP contribution in [0.2, 0.25) is 0 Å². The third-order valence-electron chi connectivity index (χ3n) is 3.38. The Morgan fingerprint density at radius 2 is 0.947 bits per heavy atom. The molecule has 0 aliphatic carbocycles. The van der Waals surface area contributed by atoms with E-state index < -0.39 is 11.9 Å². The molecule has 0 aliphatic heterocycles. The number of hydrogen-bond donors (Lipinski definition) is 3. The van der Waals surface area contributed by atoms with Gasteiger partial charge < -0.3 is 19.8 Å². The molecule has 0 radical (unpaired) electrons. The van der Waals surface area contributed by atoms with E-state index in [-0.39, 0.29) is 38.4 Å². The predicted molar refractivity (Wildman–Crippen MR) is 154 cm³/mol. The zero-order valence-electron chi connectivity index (χ0n) is 19.2. The monoisotopic (exact) mass is 956 g/mol. The SMILES string of the molecule is Ic1ccccc1N(I)I.O=C([O-])c1ccc(C(=O)[O-])cc1.[Cd+2].c1cn[nH]n1.c1cn[nH]n1.c1cn[nH]n1. The first-order valence-electron chi connectivity index (χ1n) is 9.61. The van der Waals surface area contributed by atoms with Gasteiger partial charge in [0.2, 0.25) is 0 Å². The number of nitrogens with one attached hydrogen (secondary N) is 3. The number of H-pyrrole nitrogens is 3. The summed E-state index contributed by atoms with van der Waals surface area (Å²) in [6.07, 6.45) is 9.50. The molecule has 3 heterocycles. The van der Waals surface area contributed by atoms with E-state index in [4.69, 9.17) is 0 Å². The quantitative estimate of drug-likeness (QED) is 0.135. The molecule has 0 fully saturated rings. The van der Waals surface area contributed by atoms with Gasteiger partial charge in [-0.05, 0) is 45.9 Å². The number of carboxylic acid groups (broad SMARTS) is 2. The van der Waals surface area contributed by atoms with Crippen LogP contribution in [0.5, 0.6) is 0 Å². The first kappa shape index (κ1) is 35.7. The minimum Gasteiger partial charge on any atom is -0.545 e. The van der Waals surface area contributed by atoms with E-state index in [1.807, 2.05) is 12.1 Å². The Hall–Kier alpha value is -2.29. The van der Waals surface area contributed by atoms with Crippen LogP contribution in [0.1, 0.15) is 20.7 Å². The summed E-state index contributed by atoms with van der Waals surface area (Å²) in [5, 5.41) is 48.4. The fraction of sp³-hybridized carbons (Fsp3) is 0. The van der Waals surface area contributed by atoms with Crippen molar-refractivity contribution >= 4 is 85.9 Å². The largest absolute Gasteiger partial charge is 2.00 e. The van der Waals surface area contributed by atoms with Crippen LogP contribution in [0.15, 0.2) is 85.7 Å². The Morgan fingerprint density at radius 3 is 1.13 bits per heavy atom. The number of carboxylic acids is 2. The number of aromatic nitrogens is 9. The van der Waals surface area contributed by atoms with Gasteiger partial charge in [-0.25, -0.2) is 0 Å². The number of nitrogens with zero attached hydrogens (tertiary/aromatic N) is 7. The minimum atomic E-state index is -1.33. The van der Waals surface area contributed by atoms with E-state index >= 15 is 0 Å². The second kappa shape index (κ2) is 22.7. The van der Waals surface area contributed by atoms with Crippen molar-refractivity contribution in [3.63, 3.8) is 0 Å². The first-order valence-corrected chi connectivity index (χ1v) is 12.6. The number of aromatic carboxylic acids is 2. The molecule has 0 unspecified atom stereocenters. The normalized spacial score (nSPS) is 8.61. The van der Waals surface area contributed by atoms with Crippen LogP contribution >= 0.6 is 68.3 Å². The molecular weight excluding hydrogens is 937 g/mol. The molecule has 0 spiro atoms. The minimum absolute atomic E-state index is 0. The average molecular weight is 955 g/mol. The van der Waals surface area contributed by atoms with Crippen LogP contribution in [0.4, 0.5) is 5.69 Å². The summed E-state index contributed by atoms with van der Waals surface area (Å²) in [6.45, 7) is 0. The molecule has 2 aromatic carbocycles. The molecule has 0 bridgehead atoms. The molecule has 0 aliphatic rings. The van der Waals surface area contributed by atoms with Gasteiger partial charge in [0.15, 0.2) is 0 Å². The standard InChI is InChI=1S/C8H6O4.C6H4I3N.3C2H3N3.Cd/c9-7(10)5-1-2-6(4-3-5)8(11)12;7-5-3-1-2-4-6(5)10(8)9;3*1-2-4-5-3-1;/h1-4H,(H,9,10)(H,11,12);1-4H;3*1-2H,(H,3,4,5);/q;;;;;+2/p-2. The van der Waals surface area contributed by atoms with Gasteiger partial charge in [0, 0.05) is 3.57 Å². The van der Waals surface area contributed by atoms with Crippen molar-refractivity contribution in [3.8, 4) is 0 Å². The van der Waals surface area contributed by atoms with Crippen LogP contribution in [0.25, 0.3) is 0 Å². The Bertz CT molecular complexity index is 1080. The fourth-order valence-electron chi connectivity index (χ4n) is 1.83. The van der Waals surface area contributed by atoms with Crippen LogP contribution in [-0.4, -0.2) is 58.2 Å². The van der Waals surface area contributed by atoms with E-state index in [0.717, 1.165) is 24.3 Å². The number of rotatable bonds is 3. The summed E-state index contributed by atoms with van der Waals surface area (Å²) in [5.74, 6) is -2.67. The van der Waals surface area contributed by atoms with Crippen LogP contribution in [-0.2, 0) is 27.3 Å². The second-order valence-electron chi connectivity index (χ2n) is 5.81. The Balaban J connectivity index is 0.000000471. The molecule has 5 rings (SSSR count). The molecule has 14 nitrogen and oxygen atoms in total. The zero-order valence-corrected chi connectivity index (χ0v) is 29.7. The third-order valence-corrected chi connectivity index (χ3v) is 5.34. The molecule has 0 saturated carbocycles. The van der Waals surface area contributed by atoms with E-state index in [1.54, 1.807) is 37.2 Å². The van der Waals surface area contributed by atoms with E-state index in [1.165, 1.54) is 9.26 Å². The summed E-state index contributed by atoms with van der Waals surface area (Å²) in [5.41, 5.74) is 1.14. The van der Waals surface area contributed by atoms with Crippen molar-refractivity contribution in [1.82, 2.24) is 46.2 Å². The van der Waals surface area contributed by atoms with Gasteiger partial charge in [-0.15, -0.1) is 0 Å². The van der Waals surface area contributed by atoms with Gasteiger partial charge in [-0.2, -0.15) is 46.2 Å². The van der Waals surface area contributed by atoms with E-state index in [0.29, 0.717) is 0 Å². The molecule has 38 heavy (non-hydrogen) atoms. The molecule has 18 heteroatoms. The average Bonchev–Trinajstić information content (AvgIpc) is 3.72. The van der Waals surface area contributed by atoms with Crippen molar-refractivity contribution in [2.75, 3.05) is 1.33 Å². The van der Waals surface area contributed by atoms with Gasteiger partial charge >= 0.3 is 27.3 Å². The summed E-state index contributed by atoms with van der Waals surface area (Å²) < 4.78 is 3.33. The van der Waals surface area contributed by atoms with Crippen LogP contribution < -0.4 is 11.5 Å². The maximum atomic E-state index is 10.2. The fourth-order valence-corrected chi connectivity index (χ4v) is 4.22. The topological polar surface area (TPSA) is 208 Å². The second-order valence-corrected chi connectivity index (χ2v) is 10.7. The summed E-state index contributed by atoms with van der Waals surface area (Å²) in [4.78, 5) is 20.4. The number of anilines is 1. The van der Waals surface area contributed by atoms with Gasteiger partial charge in [0.25, 0.3) is 0 Å². The maximum Gasteiger partial charge on any atom is 2.00 e. The molecule has 0 saturated heterocycles. The van der Waals surface area contributed by atoms with Crippen LogP contribution in [0, 0.1) is 3.57 Å². The molecule has 3 aromatic heterocycles. The zero-order chi connectivity index (χ0) is 27.3. The van der Waals surface area contributed by atoms with Crippen LogP contribution in [0.3, 0.4) is 0 Å². The van der Waals surface area contributed by atoms with Crippen molar-refractivity contribution in [2.45, 2.75) is 0 Å². The number of carbonyl (C=O) groups excluding carboxylic acids is 2. The molecule has 194 valence electrons. The number of aromatic amines is 3. The summed E-state index contributed by atoms with van der Waals surface area (Å²) >= 11 is 6.82. The molecular formula is C20H17CdI3N10O4. The molecule has 0 amide bonds. The maximum absolute atomic E-state index is 10.2. The van der Waals surface area contributed by atoms with E-state index in [9.17, 15) is 19.8 Å². The summed E-state index contributed by atoms with van der Waals surface area (Å²) in [7, 11) is 0. The van der Waals surface area contributed by atoms with Crippen molar-refractivity contribution in [1.29, 1.82) is 0 Å². The molecule has 3 N–H and O–H groups in total. The molecule has 5 aromatic rings. The smallest absolute Gasteiger partial charge is 0.545 e. The number of benzene rings is 2. The van der Waals surface area contributed by atoms with Crippen molar-refractivity contribution in [2.24, 2.45) is 0 Å². The Labute approximate surface area is 278 Å². The van der Waals surface area contributed by atoms with Gasteiger partial charge in [0.1, 0.15) is 0 Å². The third kappa shape index (κ3) is 17.3. The number of carbonyl (C=O) groups is 2. The number of para-hydroxylation sites is 1. The van der Waals surface area contributed by atoms with Gasteiger partial charge in [0.05, 0.1) is 101 Å². The molecule has 0 atom stereocenters. The van der Waals surface area contributed by atoms with Gasteiger partial charge in [-0.3, -0.25) is 1.33 Å². The Kier molecular flexibility index (Phi) is 21.3. The summed E-state index contributed by atoms with van der Waals surface area (Å²) in [6, 6.07) is 12.9. The van der Waals surface area contributed by atoms with E-state index in [2.05, 4.69) is 128 Å². The Morgan fingerprint density at radius 1 is 0.632 bits per heavy atom. The predicted octanol–water partition coefficient (Wildman–Crippen LogP) is 1.62. The van der Waals surface area contributed by atoms with Gasteiger partial charge in [-0.1, -0.05) is 36.4 Å². The van der Waals surface area contributed by atoms with Crippen molar-refractivity contribution in [3.05, 3.63) is 100 Å². The number of halogens is 3. The number of hydrogen-bond acceptors (Lipinski definition) is 11. The first-order chi connectivity index (χ1) is 17.8.